The molecule has 0 spiro atoms. The molecule has 2 atom stereocenters. The van der Waals surface area contributed by atoms with E-state index in [4.69, 9.17) is 15.2 Å². The molecule has 0 bridgehead atoms. The number of halogens is 5. The second-order valence-corrected chi connectivity index (χ2v) is 11.7. The van der Waals surface area contributed by atoms with Crippen molar-refractivity contribution in [2.45, 2.75) is 63.1 Å². The van der Waals surface area contributed by atoms with E-state index in [0.29, 0.717) is 0 Å². The fourth-order valence-corrected chi connectivity index (χ4v) is 5.05. The molecule has 246 valence electrons. The molecule has 4 N–H and O–H groups in total. The van der Waals surface area contributed by atoms with Gasteiger partial charge in [0.2, 0.25) is 40.4 Å². The van der Waals surface area contributed by atoms with Gasteiger partial charge in [0.05, 0.1) is 0 Å². The average Bonchev–Trinajstić information content (AvgIpc) is 3.33. The number of carbonyl (C=O) groups excluding carboxylic acids is 2. The van der Waals surface area contributed by atoms with Crippen molar-refractivity contribution < 1.29 is 55.8 Å². The van der Waals surface area contributed by atoms with E-state index in [1.54, 1.807) is 50.5 Å². The van der Waals surface area contributed by atoms with Gasteiger partial charge in [-0.15, -0.1) is 5.48 Å². The number of esters is 2. The van der Waals surface area contributed by atoms with E-state index in [2.05, 4.69) is 4.84 Å². The lowest BCUT2D eigenvalue weighted by Crippen LogP contribution is -2.60. The van der Waals surface area contributed by atoms with Crippen LogP contribution < -0.4 is 16.1 Å². The molecule has 1 aliphatic carbocycles. The molecular weight excluding hydrogens is 619 g/mol. The summed E-state index contributed by atoms with van der Waals surface area (Å²) in [6.45, 7) is 4.42. The summed E-state index contributed by atoms with van der Waals surface area (Å²) in [4.78, 5) is 43.2. The van der Waals surface area contributed by atoms with E-state index in [1.165, 1.54) is 0 Å². The fourth-order valence-electron chi connectivity index (χ4n) is 5.05. The van der Waals surface area contributed by atoms with E-state index in [0.717, 1.165) is 22.3 Å². The number of nitrogens with two attached hydrogens (primary N) is 1. The first-order chi connectivity index (χ1) is 21.6. The van der Waals surface area contributed by atoms with Crippen LogP contribution in [0.5, 0.6) is 5.75 Å². The zero-order valence-corrected chi connectivity index (χ0v) is 25.0. The molecule has 0 fully saturated rings. The lowest BCUT2D eigenvalue weighted by Gasteiger charge is -2.29. The van der Waals surface area contributed by atoms with Crippen LogP contribution >= 0.6 is 0 Å². The fraction of sp³-hybridized carbons (Fsp3) is 0.344. The largest absolute Gasteiger partial charge is 0.479 e. The number of hydroxylamine groups is 1. The highest BCUT2D eigenvalue weighted by Gasteiger charge is 2.50. The van der Waals surface area contributed by atoms with E-state index in [-0.39, 0.29) is 19.4 Å². The Morgan fingerprint density at radius 1 is 0.870 bits per heavy atom. The first-order valence-corrected chi connectivity index (χ1v) is 14.1. The molecule has 1 unspecified atom stereocenters. The number of carboxylic acids is 1. The highest BCUT2D eigenvalue weighted by molar-refractivity contribution is 6.04. The number of rotatable bonds is 12. The molecule has 0 heterocycles. The quantitative estimate of drug-likeness (QED) is 0.0597. The summed E-state index contributed by atoms with van der Waals surface area (Å²) in [5.74, 6) is -18.7. The Morgan fingerprint density at radius 3 is 1.87 bits per heavy atom. The number of hydrogen-bond acceptors (Lipinski definition) is 8. The Morgan fingerprint density at radius 2 is 1.37 bits per heavy atom. The monoisotopic (exact) mass is 650 g/mol. The summed E-state index contributed by atoms with van der Waals surface area (Å²) < 4.78 is 80.7. The summed E-state index contributed by atoms with van der Waals surface area (Å²) >= 11 is 0. The van der Waals surface area contributed by atoms with Crippen molar-refractivity contribution >= 4 is 17.9 Å². The smallest absolute Gasteiger partial charge is 0.341 e. The SMILES string of the molecule is CC(C)(C)OC(=O)C(N)CCC[C@](NOc1c(F)c(F)c(F)c(F)c1F)(C(=O)O)C(=O)OCC1c2ccccc2-c2ccccc21. The van der Waals surface area contributed by atoms with Crippen LogP contribution in [0.1, 0.15) is 57.1 Å². The van der Waals surface area contributed by atoms with Gasteiger partial charge in [0.25, 0.3) is 0 Å². The predicted octanol–water partition coefficient (Wildman–Crippen LogP) is 5.28. The molecule has 0 radical (unpaired) electrons. The van der Waals surface area contributed by atoms with E-state index < -0.39 is 82.3 Å². The Balaban J connectivity index is 1.62. The molecule has 3 aromatic carbocycles. The van der Waals surface area contributed by atoms with E-state index in [9.17, 15) is 41.4 Å². The Hall–Kier alpha value is -4.56. The number of aliphatic carboxylic acids is 1. The molecule has 0 amide bonds. The maximum absolute atomic E-state index is 14.4. The number of carboxylic acid groups (broad SMARTS) is 1. The third kappa shape index (κ3) is 6.82. The van der Waals surface area contributed by atoms with Crippen molar-refractivity contribution in [2.24, 2.45) is 5.73 Å². The van der Waals surface area contributed by atoms with Crippen LogP contribution in [0, 0.1) is 29.1 Å². The Bertz CT molecular complexity index is 1590. The molecule has 0 aromatic heterocycles. The average molecular weight is 651 g/mol. The van der Waals surface area contributed by atoms with E-state index >= 15 is 0 Å². The zero-order valence-electron chi connectivity index (χ0n) is 25.0. The molecule has 46 heavy (non-hydrogen) atoms. The molecule has 9 nitrogen and oxygen atoms in total. The van der Waals surface area contributed by atoms with Crippen LogP contribution in [0.3, 0.4) is 0 Å². The summed E-state index contributed by atoms with van der Waals surface area (Å²) in [5.41, 5.74) is 7.03. The van der Waals surface area contributed by atoms with Crippen molar-refractivity contribution in [1.82, 2.24) is 5.48 Å². The number of ether oxygens (including phenoxy) is 2. The third-order valence-corrected chi connectivity index (χ3v) is 7.33. The van der Waals surface area contributed by atoms with Gasteiger partial charge in [-0.2, -0.15) is 8.78 Å². The molecule has 1 aliphatic rings. The van der Waals surface area contributed by atoms with Gasteiger partial charge in [-0.3, -0.25) is 4.79 Å². The minimum atomic E-state index is -2.97. The highest BCUT2D eigenvalue weighted by Crippen LogP contribution is 2.44. The molecule has 0 saturated carbocycles. The van der Waals surface area contributed by atoms with Crippen LogP contribution in [-0.2, 0) is 23.9 Å². The van der Waals surface area contributed by atoms with Gasteiger partial charge >= 0.3 is 17.9 Å². The topological polar surface area (TPSA) is 137 Å². The molecule has 3 aromatic rings. The van der Waals surface area contributed by atoms with Crippen molar-refractivity contribution in [2.75, 3.05) is 6.61 Å². The van der Waals surface area contributed by atoms with Crippen molar-refractivity contribution in [3.8, 4) is 16.9 Å². The lowest BCUT2D eigenvalue weighted by molar-refractivity contribution is -0.169. The third-order valence-electron chi connectivity index (χ3n) is 7.33. The van der Waals surface area contributed by atoms with Crippen LogP contribution in [0.25, 0.3) is 11.1 Å². The minimum Gasteiger partial charge on any atom is -0.479 e. The second-order valence-electron chi connectivity index (χ2n) is 11.7. The predicted molar refractivity (Wildman–Crippen MR) is 153 cm³/mol. The molecular formula is C32H31F5N2O7. The van der Waals surface area contributed by atoms with Gasteiger partial charge in [0, 0.05) is 5.92 Å². The molecule has 4 rings (SSSR count). The van der Waals surface area contributed by atoms with Crippen LogP contribution in [0.4, 0.5) is 22.0 Å². The maximum Gasteiger partial charge on any atom is 0.341 e. The number of nitrogens with one attached hydrogen (secondary N) is 1. The number of carbonyl (C=O) groups is 3. The lowest BCUT2D eigenvalue weighted by atomic mass is 9.92. The minimum absolute atomic E-state index is 0.231. The van der Waals surface area contributed by atoms with Gasteiger partial charge in [-0.1, -0.05) is 48.5 Å². The van der Waals surface area contributed by atoms with Crippen LogP contribution in [-0.4, -0.2) is 46.8 Å². The Labute approximate surface area is 260 Å². The Kier molecular flexibility index (Phi) is 10.0. The maximum atomic E-state index is 14.4. The first-order valence-electron chi connectivity index (χ1n) is 14.1. The standard InChI is InChI=1S/C32H31F5N2O7/c1-31(2,3)45-28(40)21(38)13-8-14-32(29(41)42,39-46-27-25(36)23(34)22(33)24(35)26(27)37)30(43)44-15-20-18-11-6-4-9-16(18)17-10-5-7-12-19(17)20/h4-7,9-12,20-21,39H,8,13-15,38H2,1-3H3,(H,41,42)/t21?,32-/m0/s1. The molecule has 14 heteroatoms. The normalized spacial score (nSPS) is 14.5. The number of fused-ring (bicyclic) bond motifs is 3. The molecule has 0 aliphatic heterocycles. The summed E-state index contributed by atoms with van der Waals surface area (Å²) in [5, 5.41) is 10.2. The zero-order chi connectivity index (χ0) is 34.0. The summed E-state index contributed by atoms with van der Waals surface area (Å²) in [6, 6.07) is 13.3. The van der Waals surface area contributed by atoms with E-state index in [1.807, 2.05) is 24.3 Å². The van der Waals surface area contributed by atoms with Crippen molar-refractivity contribution in [1.29, 1.82) is 0 Å². The van der Waals surface area contributed by atoms with Gasteiger partial charge < -0.3 is 25.2 Å². The van der Waals surface area contributed by atoms with Crippen molar-refractivity contribution in [3.63, 3.8) is 0 Å². The second kappa shape index (κ2) is 13.4. The van der Waals surface area contributed by atoms with Crippen molar-refractivity contribution in [3.05, 3.63) is 88.7 Å². The summed E-state index contributed by atoms with van der Waals surface area (Å²) in [7, 11) is 0. The van der Waals surface area contributed by atoms with Crippen LogP contribution in [0.15, 0.2) is 48.5 Å². The highest BCUT2D eigenvalue weighted by atomic mass is 19.2. The number of hydrogen-bond donors (Lipinski definition) is 3. The summed E-state index contributed by atoms with van der Waals surface area (Å²) in [6.07, 6.45) is -1.29. The van der Waals surface area contributed by atoms with Crippen LogP contribution in [0.2, 0.25) is 0 Å². The van der Waals surface area contributed by atoms with Gasteiger partial charge in [0.15, 0.2) is 0 Å². The van der Waals surface area contributed by atoms with Gasteiger partial charge in [0.1, 0.15) is 18.2 Å². The van der Waals surface area contributed by atoms with Gasteiger partial charge in [-0.25, -0.2) is 22.8 Å². The van der Waals surface area contributed by atoms with Gasteiger partial charge in [-0.05, 0) is 62.3 Å². The molecule has 0 saturated heterocycles. The first kappa shape index (κ1) is 34.3. The number of benzene rings is 3.